The van der Waals surface area contributed by atoms with Gasteiger partial charge < -0.3 is 5.32 Å². The van der Waals surface area contributed by atoms with Crippen molar-refractivity contribution < 1.29 is 21.6 Å². The molecule has 1 atom stereocenters. The lowest BCUT2D eigenvalue weighted by atomic mass is 10.1. The summed E-state index contributed by atoms with van der Waals surface area (Å²) in [5.74, 6) is 0. The summed E-state index contributed by atoms with van der Waals surface area (Å²) in [5.41, 5.74) is 0. The Balaban J connectivity index is 0.00000256. The van der Waals surface area contributed by atoms with Crippen LogP contribution in [0.5, 0.6) is 0 Å². The quantitative estimate of drug-likeness (QED) is 0.692. The van der Waals surface area contributed by atoms with Crippen molar-refractivity contribution in [3.63, 3.8) is 0 Å². The van der Waals surface area contributed by atoms with Gasteiger partial charge in [-0.05, 0) is 19.4 Å². The highest BCUT2D eigenvalue weighted by molar-refractivity contribution is 7.87. The van der Waals surface area contributed by atoms with Crippen molar-refractivity contribution in [2.75, 3.05) is 19.6 Å². The predicted octanol–water partition coefficient (Wildman–Crippen LogP) is 0.146. The molecule has 5 nitrogen and oxygen atoms in total. The van der Waals surface area contributed by atoms with Gasteiger partial charge in [0, 0.05) is 12.6 Å². The van der Waals surface area contributed by atoms with Crippen molar-refractivity contribution in [2.45, 2.75) is 25.1 Å². The molecule has 1 saturated heterocycles. The number of piperidine rings is 1. The van der Waals surface area contributed by atoms with E-state index in [4.69, 9.17) is 0 Å². The van der Waals surface area contributed by atoms with E-state index in [9.17, 15) is 21.6 Å². The molecule has 0 spiro atoms. The number of hydrogen-bond donors (Lipinski definition) is 3. The van der Waals surface area contributed by atoms with Crippen LogP contribution in [0.2, 0.25) is 0 Å². The van der Waals surface area contributed by atoms with Crippen LogP contribution in [0.1, 0.15) is 12.8 Å². The fourth-order valence-electron chi connectivity index (χ4n) is 1.39. The summed E-state index contributed by atoms with van der Waals surface area (Å²) in [6, 6.07) is -0.348. The van der Waals surface area contributed by atoms with Gasteiger partial charge in [-0.25, -0.2) is 0 Å². The van der Waals surface area contributed by atoms with Crippen molar-refractivity contribution in [3.05, 3.63) is 0 Å². The van der Waals surface area contributed by atoms with Gasteiger partial charge in [-0.15, -0.1) is 12.4 Å². The molecule has 0 unspecified atom stereocenters. The van der Waals surface area contributed by atoms with Gasteiger partial charge in [0.1, 0.15) is 6.54 Å². The summed E-state index contributed by atoms with van der Waals surface area (Å²) in [5, 5.41) is 2.95. The molecule has 104 valence electrons. The average Bonchev–Trinajstić information content (AvgIpc) is 2.15. The fraction of sp³-hybridized carbons (Fsp3) is 1.00. The molecule has 1 aliphatic rings. The van der Waals surface area contributed by atoms with Gasteiger partial charge in [-0.2, -0.15) is 31.0 Å². The largest absolute Gasteiger partial charge is 0.402 e. The monoisotopic (exact) mass is 297 g/mol. The van der Waals surface area contributed by atoms with Gasteiger partial charge in [0.25, 0.3) is 10.2 Å². The van der Waals surface area contributed by atoms with Gasteiger partial charge in [-0.1, -0.05) is 0 Å². The number of alkyl halides is 3. The standard InChI is InChI=1S/C7H14F3N3O2S.ClH/c8-7(9,10)5-12-16(14,15)13-6-2-1-3-11-4-6;/h6,11-13H,1-5H2;1H/t6-;/m1./s1. The Hall–Kier alpha value is -0.0900. The summed E-state index contributed by atoms with van der Waals surface area (Å²) >= 11 is 0. The third kappa shape index (κ3) is 7.77. The zero-order valence-corrected chi connectivity index (χ0v) is 10.5. The number of hydrogen-bond acceptors (Lipinski definition) is 3. The highest BCUT2D eigenvalue weighted by Gasteiger charge is 2.30. The highest BCUT2D eigenvalue weighted by Crippen LogP contribution is 2.12. The first-order valence-electron chi connectivity index (χ1n) is 4.83. The predicted molar refractivity (Wildman–Crippen MR) is 59.3 cm³/mol. The molecule has 17 heavy (non-hydrogen) atoms. The maximum absolute atomic E-state index is 11.8. The molecule has 1 heterocycles. The van der Waals surface area contributed by atoms with Crippen LogP contribution in [-0.2, 0) is 10.2 Å². The highest BCUT2D eigenvalue weighted by atomic mass is 35.5. The topological polar surface area (TPSA) is 70.2 Å². The van der Waals surface area contributed by atoms with Gasteiger partial charge in [-0.3, -0.25) is 0 Å². The Kier molecular flexibility index (Phi) is 6.70. The second kappa shape index (κ2) is 6.74. The van der Waals surface area contributed by atoms with Crippen molar-refractivity contribution in [1.29, 1.82) is 0 Å². The lowest BCUT2D eigenvalue weighted by Crippen LogP contribution is -2.50. The maximum atomic E-state index is 11.8. The summed E-state index contributed by atoms with van der Waals surface area (Å²) in [4.78, 5) is 0. The summed E-state index contributed by atoms with van der Waals surface area (Å²) in [7, 11) is -4.07. The smallest absolute Gasteiger partial charge is 0.315 e. The van der Waals surface area contributed by atoms with E-state index in [1.165, 1.54) is 4.72 Å². The minimum atomic E-state index is -4.54. The first kappa shape index (κ1) is 16.9. The van der Waals surface area contributed by atoms with Crippen LogP contribution in [0.3, 0.4) is 0 Å². The van der Waals surface area contributed by atoms with Crippen molar-refractivity contribution in [1.82, 2.24) is 14.8 Å². The van der Waals surface area contributed by atoms with E-state index in [0.717, 1.165) is 13.0 Å². The van der Waals surface area contributed by atoms with Crippen molar-refractivity contribution >= 4 is 22.6 Å². The molecule has 1 fully saturated rings. The van der Waals surface area contributed by atoms with E-state index in [2.05, 4.69) is 10.0 Å². The molecular weight excluding hydrogens is 283 g/mol. The van der Waals surface area contributed by atoms with E-state index < -0.39 is 22.9 Å². The normalized spacial score (nSPS) is 21.9. The molecule has 0 bridgehead atoms. The van der Waals surface area contributed by atoms with Gasteiger partial charge in [0.15, 0.2) is 0 Å². The Morgan fingerprint density at radius 3 is 2.47 bits per heavy atom. The van der Waals surface area contributed by atoms with Crippen LogP contribution in [0, 0.1) is 0 Å². The number of nitrogens with one attached hydrogen (secondary N) is 3. The van der Waals surface area contributed by atoms with Gasteiger partial charge in [0.2, 0.25) is 0 Å². The molecule has 0 radical (unpaired) electrons. The number of halogens is 4. The Morgan fingerprint density at radius 1 is 1.35 bits per heavy atom. The average molecular weight is 298 g/mol. The zero-order valence-electron chi connectivity index (χ0n) is 8.88. The second-order valence-electron chi connectivity index (χ2n) is 3.60. The third-order valence-electron chi connectivity index (χ3n) is 2.08. The lowest BCUT2D eigenvalue weighted by Gasteiger charge is -2.23. The fourth-order valence-corrected chi connectivity index (χ4v) is 2.47. The Labute approximate surface area is 104 Å². The minimum Gasteiger partial charge on any atom is -0.315 e. The molecule has 0 aromatic heterocycles. The second-order valence-corrected chi connectivity index (χ2v) is 5.13. The molecule has 10 heteroatoms. The number of rotatable bonds is 4. The van der Waals surface area contributed by atoms with Gasteiger partial charge >= 0.3 is 6.18 Å². The molecule has 0 aromatic carbocycles. The van der Waals surface area contributed by atoms with E-state index in [1.54, 1.807) is 0 Å². The van der Waals surface area contributed by atoms with Crippen LogP contribution >= 0.6 is 12.4 Å². The summed E-state index contributed by atoms with van der Waals surface area (Å²) in [6.45, 7) is -0.316. The van der Waals surface area contributed by atoms with E-state index >= 15 is 0 Å². The van der Waals surface area contributed by atoms with E-state index in [1.807, 2.05) is 0 Å². The Morgan fingerprint density at radius 2 is 2.00 bits per heavy atom. The maximum Gasteiger partial charge on any atom is 0.402 e. The summed E-state index contributed by atoms with van der Waals surface area (Å²) in [6.07, 6.45) is -3.12. The van der Waals surface area contributed by atoms with Crippen LogP contribution in [-0.4, -0.2) is 40.3 Å². The molecule has 1 rings (SSSR count). The molecular formula is C7H15ClF3N3O2S. The first-order valence-corrected chi connectivity index (χ1v) is 6.31. The van der Waals surface area contributed by atoms with Crippen LogP contribution in [0.25, 0.3) is 0 Å². The summed E-state index contributed by atoms with van der Waals surface area (Å²) < 4.78 is 61.4. The third-order valence-corrected chi connectivity index (χ3v) is 3.25. The van der Waals surface area contributed by atoms with Gasteiger partial charge in [0.05, 0.1) is 0 Å². The van der Waals surface area contributed by atoms with Crippen LogP contribution in [0.15, 0.2) is 0 Å². The van der Waals surface area contributed by atoms with Crippen molar-refractivity contribution in [2.24, 2.45) is 0 Å². The Bertz CT molecular complexity index is 317. The molecule has 0 saturated carbocycles. The lowest BCUT2D eigenvalue weighted by molar-refractivity contribution is -0.121. The minimum absolute atomic E-state index is 0. The first-order chi connectivity index (χ1) is 7.29. The molecule has 3 N–H and O–H groups in total. The van der Waals surface area contributed by atoms with Crippen LogP contribution < -0.4 is 14.8 Å². The zero-order chi connectivity index (χ0) is 12.2. The molecule has 1 aliphatic heterocycles. The van der Waals surface area contributed by atoms with E-state index in [-0.39, 0.29) is 18.4 Å². The van der Waals surface area contributed by atoms with Crippen LogP contribution in [0.4, 0.5) is 13.2 Å². The van der Waals surface area contributed by atoms with Crippen molar-refractivity contribution in [3.8, 4) is 0 Å². The molecule has 0 amide bonds. The SMILES string of the molecule is Cl.O=S(=O)(NCC(F)(F)F)N[C@@H]1CCCNC1. The van der Waals surface area contributed by atoms with E-state index in [0.29, 0.717) is 13.0 Å². The molecule has 0 aliphatic carbocycles. The molecule has 0 aromatic rings.